The van der Waals surface area contributed by atoms with E-state index >= 15 is 0 Å². The van der Waals surface area contributed by atoms with Crippen molar-refractivity contribution in [2.24, 2.45) is 0 Å². The summed E-state index contributed by atoms with van der Waals surface area (Å²) in [6, 6.07) is 7.52. The molecule has 0 aromatic heterocycles. The highest BCUT2D eigenvalue weighted by molar-refractivity contribution is 6.00. The van der Waals surface area contributed by atoms with E-state index in [-0.39, 0.29) is 5.78 Å². The number of carbonyl (C=O) groups excluding carboxylic acids is 1. The molecule has 102 valence electrons. The second-order valence-corrected chi connectivity index (χ2v) is 4.62. The molecule has 2 rings (SSSR count). The van der Waals surface area contributed by atoms with E-state index in [1.807, 2.05) is 24.3 Å². The van der Waals surface area contributed by atoms with Gasteiger partial charge in [-0.3, -0.25) is 4.79 Å². The number of rotatable bonds is 3. The van der Waals surface area contributed by atoms with Crippen LogP contribution in [-0.4, -0.2) is 18.5 Å². The highest BCUT2D eigenvalue weighted by atomic mass is 16.5. The first-order chi connectivity index (χ1) is 9.65. The molecule has 0 atom stereocenters. The van der Waals surface area contributed by atoms with E-state index in [4.69, 9.17) is 10.5 Å². The Bertz CT molecular complexity index is 601. The van der Waals surface area contributed by atoms with Gasteiger partial charge in [0.05, 0.1) is 0 Å². The summed E-state index contributed by atoms with van der Waals surface area (Å²) in [5.74, 6) is 6.14. The molecule has 0 radical (unpaired) electrons. The van der Waals surface area contributed by atoms with Crippen LogP contribution < -0.4 is 5.73 Å². The minimum Gasteiger partial charge on any atom is -0.398 e. The van der Waals surface area contributed by atoms with Crippen LogP contribution in [0, 0.1) is 11.8 Å². The second-order valence-electron chi connectivity index (χ2n) is 4.62. The molecule has 1 aromatic carbocycles. The molecule has 3 nitrogen and oxygen atoms in total. The summed E-state index contributed by atoms with van der Waals surface area (Å²) in [6.07, 6.45) is 7.99. The number of hydrogen-bond acceptors (Lipinski definition) is 3. The van der Waals surface area contributed by atoms with Gasteiger partial charge in [0.15, 0.2) is 5.78 Å². The van der Waals surface area contributed by atoms with Crippen molar-refractivity contribution >= 4 is 11.5 Å². The minimum absolute atomic E-state index is 0.0131. The van der Waals surface area contributed by atoms with Gasteiger partial charge in [-0.1, -0.05) is 24.0 Å². The topological polar surface area (TPSA) is 52.3 Å². The first-order valence-electron chi connectivity index (χ1n) is 6.46. The van der Waals surface area contributed by atoms with Crippen molar-refractivity contribution < 1.29 is 9.53 Å². The molecule has 0 spiro atoms. The van der Waals surface area contributed by atoms with E-state index in [0.717, 1.165) is 5.56 Å². The van der Waals surface area contributed by atoms with Crippen LogP contribution in [0.2, 0.25) is 0 Å². The number of anilines is 1. The molecule has 3 heteroatoms. The van der Waals surface area contributed by atoms with Gasteiger partial charge in [-0.2, -0.15) is 0 Å². The number of ketones is 1. The van der Waals surface area contributed by atoms with Crippen LogP contribution in [-0.2, 0) is 9.53 Å². The molecule has 0 heterocycles. The average Bonchev–Trinajstić information content (AvgIpc) is 2.48. The van der Waals surface area contributed by atoms with Crippen LogP contribution in [0.15, 0.2) is 48.6 Å². The average molecular weight is 267 g/mol. The third-order valence-corrected chi connectivity index (χ3v) is 3.26. The molecule has 0 fully saturated rings. The predicted molar refractivity (Wildman–Crippen MR) is 80.0 cm³/mol. The van der Waals surface area contributed by atoms with Crippen molar-refractivity contribution in [2.45, 2.75) is 18.4 Å². The van der Waals surface area contributed by atoms with Crippen LogP contribution in [0.25, 0.3) is 0 Å². The van der Waals surface area contributed by atoms with Crippen molar-refractivity contribution in [3.8, 4) is 11.8 Å². The zero-order chi connectivity index (χ0) is 14.4. The summed E-state index contributed by atoms with van der Waals surface area (Å²) >= 11 is 0. The fourth-order valence-corrected chi connectivity index (χ4v) is 1.99. The first-order valence-corrected chi connectivity index (χ1v) is 6.46. The Morgan fingerprint density at radius 1 is 1.25 bits per heavy atom. The molecule has 1 aliphatic carbocycles. The highest BCUT2D eigenvalue weighted by Gasteiger charge is 2.25. The maximum atomic E-state index is 11.1. The van der Waals surface area contributed by atoms with E-state index in [2.05, 4.69) is 11.8 Å². The van der Waals surface area contributed by atoms with E-state index in [0.29, 0.717) is 18.5 Å². The van der Waals surface area contributed by atoms with E-state index in [9.17, 15) is 4.79 Å². The van der Waals surface area contributed by atoms with Crippen molar-refractivity contribution in [3.63, 3.8) is 0 Å². The van der Waals surface area contributed by atoms with E-state index in [1.54, 1.807) is 19.3 Å². The highest BCUT2D eigenvalue weighted by Crippen LogP contribution is 2.23. The largest absolute Gasteiger partial charge is 0.398 e. The van der Waals surface area contributed by atoms with Gasteiger partial charge in [0, 0.05) is 24.8 Å². The van der Waals surface area contributed by atoms with Gasteiger partial charge < -0.3 is 10.5 Å². The molecule has 0 saturated heterocycles. The molecule has 20 heavy (non-hydrogen) atoms. The number of ether oxygens (including phenoxy) is 1. The van der Waals surface area contributed by atoms with Gasteiger partial charge in [0.25, 0.3) is 0 Å². The SMILES string of the molecule is COC1(CCC#Cc2ccccc2N)C=CC(=O)C=C1. The van der Waals surface area contributed by atoms with Gasteiger partial charge in [-0.15, -0.1) is 0 Å². The molecule has 1 aliphatic rings. The Morgan fingerprint density at radius 2 is 1.95 bits per heavy atom. The Kier molecular flexibility index (Phi) is 4.39. The summed E-state index contributed by atoms with van der Waals surface area (Å²) < 4.78 is 5.48. The summed E-state index contributed by atoms with van der Waals surface area (Å²) in [4.78, 5) is 11.1. The van der Waals surface area contributed by atoms with Crippen LogP contribution in [0.1, 0.15) is 18.4 Å². The van der Waals surface area contributed by atoms with Gasteiger partial charge in [-0.25, -0.2) is 0 Å². The normalized spacial score (nSPS) is 15.8. The van der Waals surface area contributed by atoms with Crippen molar-refractivity contribution in [3.05, 3.63) is 54.1 Å². The molecular formula is C17H17NO2. The molecule has 0 aliphatic heterocycles. The number of hydrogen-bond donors (Lipinski definition) is 1. The van der Waals surface area contributed by atoms with Gasteiger partial charge >= 0.3 is 0 Å². The second kappa shape index (κ2) is 6.23. The summed E-state index contributed by atoms with van der Waals surface area (Å²) in [6.45, 7) is 0. The van der Waals surface area contributed by atoms with Crippen LogP contribution in [0.4, 0.5) is 5.69 Å². The molecular weight excluding hydrogens is 250 g/mol. The van der Waals surface area contributed by atoms with Crippen LogP contribution >= 0.6 is 0 Å². The van der Waals surface area contributed by atoms with Gasteiger partial charge in [-0.05, 0) is 42.9 Å². The molecule has 0 saturated carbocycles. The molecule has 0 amide bonds. The predicted octanol–water partition coefficient (Wildman–Crippen LogP) is 2.48. The maximum Gasteiger partial charge on any atom is 0.178 e. The smallest absolute Gasteiger partial charge is 0.178 e. The maximum absolute atomic E-state index is 11.1. The number of nitrogens with two attached hydrogens (primary N) is 1. The number of carbonyl (C=O) groups is 1. The minimum atomic E-state index is -0.523. The van der Waals surface area contributed by atoms with Crippen molar-refractivity contribution in [2.75, 3.05) is 12.8 Å². The molecule has 2 N–H and O–H groups in total. The lowest BCUT2D eigenvalue weighted by molar-refractivity contribution is -0.110. The Hall–Kier alpha value is -2.31. The Labute approximate surface area is 119 Å². The third-order valence-electron chi connectivity index (χ3n) is 3.26. The zero-order valence-electron chi connectivity index (χ0n) is 11.4. The number of methoxy groups -OCH3 is 1. The van der Waals surface area contributed by atoms with Crippen LogP contribution in [0.3, 0.4) is 0 Å². The third kappa shape index (κ3) is 3.37. The van der Waals surface area contributed by atoms with Gasteiger partial charge in [0.2, 0.25) is 0 Å². The number of para-hydroxylation sites is 1. The number of allylic oxidation sites excluding steroid dienone is 2. The fraction of sp³-hybridized carbons (Fsp3) is 0.235. The molecule has 0 unspecified atom stereocenters. The summed E-state index contributed by atoms with van der Waals surface area (Å²) in [7, 11) is 1.63. The summed E-state index contributed by atoms with van der Waals surface area (Å²) in [5.41, 5.74) is 6.82. The number of benzene rings is 1. The lowest BCUT2D eigenvalue weighted by Crippen LogP contribution is -2.28. The van der Waals surface area contributed by atoms with Crippen LogP contribution in [0.5, 0.6) is 0 Å². The first kappa shape index (κ1) is 14.1. The zero-order valence-corrected chi connectivity index (χ0v) is 11.4. The van der Waals surface area contributed by atoms with E-state index in [1.165, 1.54) is 12.2 Å². The Balaban J connectivity index is 2.00. The number of nitrogen functional groups attached to an aromatic ring is 1. The molecule has 1 aromatic rings. The fourth-order valence-electron chi connectivity index (χ4n) is 1.99. The van der Waals surface area contributed by atoms with E-state index < -0.39 is 5.60 Å². The standard InChI is InChI=1S/C17H17NO2/c1-20-17(12-9-15(19)10-13-17)11-5-4-7-14-6-2-3-8-16(14)18/h2-3,6,8-10,12-13H,5,11,18H2,1H3. The summed E-state index contributed by atoms with van der Waals surface area (Å²) in [5, 5.41) is 0. The lowest BCUT2D eigenvalue weighted by atomic mass is 9.92. The lowest BCUT2D eigenvalue weighted by Gasteiger charge is -2.26. The van der Waals surface area contributed by atoms with Gasteiger partial charge in [0.1, 0.15) is 5.60 Å². The van der Waals surface area contributed by atoms with Crippen molar-refractivity contribution in [1.29, 1.82) is 0 Å². The molecule has 0 bridgehead atoms. The quantitative estimate of drug-likeness (QED) is 0.676. The monoisotopic (exact) mass is 267 g/mol. The van der Waals surface area contributed by atoms with Crippen molar-refractivity contribution in [1.82, 2.24) is 0 Å². The Morgan fingerprint density at radius 3 is 2.60 bits per heavy atom.